The average molecular weight is 235 g/mol. The molecule has 0 aliphatic rings. The molecule has 0 saturated carbocycles. The Hall–Kier alpha value is -2.17. The van der Waals surface area contributed by atoms with Crippen LogP contribution in [0.2, 0.25) is 0 Å². The molecule has 0 aliphatic heterocycles. The number of ether oxygens (including phenoxy) is 2. The molecule has 5 heteroatoms. The Balaban J connectivity index is 2.62. The van der Waals surface area contributed by atoms with Crippen LogP contribution >= 0.6 is 0 Å². The van der Waals surface area contributed by atoms with E-state index in [0.717, 1.165) is 0 Å². The first-order valence-corrected chi connectivity index (χ1v) is 4.95. The van der Waals surface area contributed by atoms with Crippen LogP contribution < -0.4 is 0 Å². The van der Waals surface area contributed by atoms with E-state index in [1.165, 1.54) is 20.4 Å². The van der Waals surface area contributed by atoms with E-state index in [9.17, 15) is 9.59 Å². The van der Waals surface area contributed by atoms with Crippen molar-refractivity contribution < 1.29 is 19.1 Å². The first kappa shape index (κ1) is 12.9. The maximum Gasteiger partial charge on any atom is 0.339 e. The second-order valence-electron chi connectivity index (χ2n) is 3.15. The molecule has 0 aliphatic carbocycles. The maximum absolute atomic E-state index is 11.1. The van der Waals surface area contributed by atoms with E-state index in [4.69, 9.17) is 0 Å². The Kier molecular flexibility index (Phi) is 4.87. The van der Waals surface area contributed by atoms with E-state index >= 15 is 0 Å². The summed E-state index contributed by atoms with van der Waals surface area (Å²) in [6.07, 6.45) is 4.94. The molecule has 1 aromatic rings. The number of rotatable bonds is 4. The monoisotopic (exact) mass is 235 g/mol. The fourth-order valence-electron chi connectivity index (χ4n) is 1.10. The lowest BCUT2D eigenvalue weighted by atomic mass is 10.2. The first-order valence-electron chi connectivity index (χ1n) is 4.95. The van der Waals surface area contributed by atoms with Crippen molar-refractivity contribution in [3.8, 4) is 0 Å². The summed E-state index contributed by atoms with van der Waals surface area (Å²) in [6.45, 7) is 0. The lowest BCUT2D eigenvalue weighted by molar-refractivity contribution is -0.139. The molecule has 0 spiro atoms. The van der Waals surface area contributed by atoms with Gasteiger partial charge in [0.2, 0.25) is 0 Å². The lowest BCUT2D eigenvalue weighted by Crippen LogP contribution is -2.01. The van der Waals surface area contributed by atoms with E-state index in [-0.39, 0.29) is 12.4 Å². The number of hydrogen-bond donors (Lipinski definition) is 0. The third-order valence-electron chi connectivity index (χ3n) is 2.01. The number of aromatic nitrogens is 1. The molecular formula is C12H13NO4. The van der Waals surface area contributed by atoms with Crippen LogP contribution in [0.15, 0.2) is 24.4 Å². The molecular weight excluding hydrogens is 222 g/mol. The Bertz CT molecular complexity index is 423. The van der Waals surface area contributed by atoms with Gasteiger partial charge in [0.1, 0.15) is 0 Å². The summed E-state index contributed by atoms with van der Waals surface area (Å²) in [5, 5.41) is 0. The quantitative estimate of drug-likeness (QED) is 0.739. The molecule has 0 atom stereocenters. The van der Waals surface area contributed by atoms with E-state index in [2.05, 4.69) is 14.5 Å². The Morgan fingerprint density at radius 2 is 2.06 bits per heavy atom. The smallest absolute Gasteiger partial charge is 0.339 e. The van der Waals surface area contributed by atoms with Gasteiger partial charge in [-0.25, -0.2) is 4.79 Å². The van der Waals surface area contributed by atoms with Crippen LogP contribution in [0.1, 0.15) is 22.5 Å². The third-order valence-corrected chi connectivity index (χ3v) is 2.01. The molecule has 0 amide bonds. The highest BCUT2D eigenvalue weighted by Gasteiger charge is 2.04. The third kappa shape index (κ3) is 4.06. The molecule has 5 nitrogen and oxygen atoms in total. The van der Waals surface area contributed by atoms with Crippen LogP contribution in [-0.2, 0) is 14.3 Å². The predicted molar refractivity (Wildman–Crippen MR) is 61.2 cm³/mol. The van der Waals surface area contributed by atoms with Gasteiger partial charge in [0, 0.05) is 6.20 Å². The van der Waals surface area contributed by atoms with Crippen molar-refractivity contribution in [3.63, 3.8) is 0 Å². The minimum atomic E-state index is -0.428. The maximum atomic E-state index is 11.1. The van der Waals surface area contributed by atoms with Crippen LogP contribution in [0.25, 0.3) is 6.08 Å². The largest absolute Gasteiger partial charge is 0.469 e. The van der Waals surface area contributed by atoms with Crippen LogP contribution in [-0.4, -0.2) is 31.1 Å². The Morgan fingerprint density at radius 3 is 2.59 bits per heavy atom. The van der Waals surface area contributed by atoms with Gasteiger partial charge in [-0.2, -0.15) is 0 Å². The van der Waals surface area contributed by atoms with Gasteiger partial charge < -0.3 is 9.47 Å². The summed E-state index contributed by atoms with van der Waals surface area (Å²) < 4.78 is 9.03. The van der Waals surface area contributed by atoms with Gasteiger partial charge in [-0.1, -0.05) is 6.08 Å². The number of pyridine rings is 1. The highest BCUT2D eigenvalue weighted by Crippen LogP contribution is 2.04. The zero-order valence-corrected chi connectivity index (χ0v) is 9.67. The first-order chi connectivity index (χ1) is 8.17. The second-order valence-corrected chi connectivity index (χ2v) is 3.15. The average Bonchev–Trinajstić information content (AvgIpc) is 2.38. The van der Waals surface area contributed by atoms with Crippen LogP contribution in [0.5, 0.6) is 0 Å². The van der Waals surface area contributed by atoms with Gasteiger partial charge >= 0.3 is 11.9 Å². The molecule has 17 heavy (non-hydrogen) atoms. The van der Waals surface area contributed by atoms with Gasteiger partial charge in [-0.05, 0) is 18.2 Å². The summed E-state index contributed by atoms with van der Waals surface area (Å²) in [5.74, 6) is -0.741. The minimum Gasteiger partial charge on any atom is -0.469 e. The van der Waals surface area contributed by atoms with E-state index in [0.29, 0.717) is 11.3 Å². The standard InChI is InChI=1S/C12H13NO4/c1-16-11(14)5-3-4-10-7-6-9(8-13-10)12(15)17-2/h3-4,6-8H,5H2,1-2H3. The van der Waals surface area contributed by atoms with Gasteiger partial charge in [0.15, 0.2) is 0 Å². The molecule has 0 unspecified atom stereocenters. The van der Waals surface area contributed by atoms with Gasteiger partial charge in [0.25, 0.3) is 0 Å². The van der Waals surface area contributed by atoms with Crippen molar-refractivity contribution in [1.29, 1.82) is 0 Å². The summed E-state index contributed by atoms with van der Waals surface area (Å²) >= 11 is 0. The molecule has 0 radical (unpaired) electrons. The van der Waals surface area contributed by atoms with Gasteiger partial charge in [-0.3, -0.25) is 9.78 Å². The SMILES string of the molecule is COC(=O)CC=Cc1ccc(C(=O)OC)cn1. The molecule has 0 aromatic carbocycles. The van der Waals surface area contributed by atoms with Gasteiger partial charge in [0.05, 0.1) is 31.9 Å². The molecule has 1 aromatic heterocycles. The van der Waals surface area contributed by atoms with Crippen LogP contribution in [0.3, 0.4) is 0 Å². The topological polar surface area (TPSA) is 65.5 Å². The summed E-state index contributed by atoms with van der Waals surface area (Å²) in [7, 11) is 2.64. The fraction of sp³-hybridized carbons (Fsp3) is 0.250. The zero-order chi connectivity index (χ0) is 12.7. The molecule has 0 fully saturated rings. The lowest BCUT2D eigenvalue weighted by Gasteiger charge is -1.98. The molecule has 0 saturated heterocycles. The normalized spacial score (nSPS) is 10.2. The molecule has 90 valence electrons. The van der Waals surface area contributed by atoms with E-state index in [1.807, 2.05) is 0 Å². The highest BCUT2D eigenvalue weighted by atomic mass is 16.5. The van der Waals surface area contributed by atoms with Crippen molar-refractivity contribution in [1.82, 2.24) is 4.98 Å². The number of methoxy groups -OCH3 is 2. The Labute approximate surface area is 99.1 Å². The van der Waals surface area contributed by atoms with Crippen LogP contribution in [0, 0.1) is 0 Å². The zero-order valence-electron chi connectivity index (χ0n) is 9.67. The van der Waals surface area contributed by atoms with Crippen molar-refractivity contribution in [3.05, 3.63) is 35.7 Å². The minimum absolute atomic E-state index is 0.191. The molecule has 0 bridgehead atoms. The fourth-order valence-corrected chi connectivity index (χ4v) is 1.10. The molecule has 1 heterocycles. The summed E-state index contributed by atoms with van der Waals surface area (Å²) in [4.78, 5) is 26.0. The number of esters is 2. The number of hydrogen-bond acceptors (Lipinski definition) is 5. The second kappa shape index (κ2) is 6.42. The van der Waals surface area contributed by atoms with Crippen molar-refractivity contribution in [2.75, 3.05) is 14.2 Å². The van der Waals surface area contributed by atoms with Crippen molar-refractivity contribution >= 4 is 18.0 Å². The van der Waals surface area contributed by atoms with Crippen molar-refractivity contribution in [2.45, 2.75) is 6.42 Å². The van der Waals surface area contributed by atoms with Crippen LogP contribution in [0.4, 0.5) is 0 Å². The van der Waals surface area contributed by atoms with E-state index < -0.39 is 5.97 Å². The number of nitrogens with zero attached hydrogens (tertiary/aromatic N) is 1. The van der Waals surface area contributed by atoms with Crippen molar-refractivity contribution in [2.24, 2.45) is 0 Å². The number of carbonyl (C=O) groups excluding carboxylic acids is 2. The predicted octanol–water partition coefficient (Wildman–Crippen LogP) is 1.44. The summed E-state index contributed by atoms with van der Waals surface area (Å²) in [5.41, 5.74) is 1.04. The number of carbonyl (C=O) groups is 2. The van der Waals surface area contributed by atoms with E-state index in [1.54, 1.807) is 24.3 Å². The summed E-state index contributed by atoms with van der Waals surface area (Å²) in [6, 6.07) is 3.27. The molecule has 1 rings (SSSR count). The van der Waals surface area contributed by atoms with Gasteiger partial charge in [-0.15, -0.1) is 0 Å². The highest BCUT2D eigenvalue weighted by molar-refractivity contribution is 5.89. The molecule has 0 N–H and O–H groups in total. The Morgan fingerprint density at radius 1 is 1.29 bits per heavy atom.